The summed E-state index contributed by atoms with van der Waals surface area (Å²) in [7, 11) is -2.89. The van der Waals surface area contributed by atoms with E-state index in [1.807, 2.05) is 36.7 Å². The molecule has 0 unspecified atom stereocenters. The Balaban J connectivity index is 1.08. The molecule has 0 N–H and O–H groups in total. The highest BCUT2D eigenvalue weighted by molar-refractivity contribution is 7.20. The molecule has 0 amide bonds. The van der Waals surface area contributed by atoms with E-state index in [4.69, 9.17) is 8.83 Å². The summed E-state index contributed by atoms with van der Waals surface area (Å²) >= 11 is 0. The summed E-state index contributed by atoms with van der Waals surface area (Å²) in [6, 6.07) is 70.1. The highest BCUT2D eigenvalue weighted by atomic mass is 28.3. The monoisotopic (exact) mass is 746 g/mol. The van der Waals surface area contributed by atoms with Crippen LogP contribution < -0.4 is 20.7 Å². The highest BCUT2D eigenvalue weighted by Crippen LogP contribution is 2.34. The summed E-state index contributed by atoms with van der Waals surface area (Å²) in [5.41, 5.74) is 12.0. The molecule has 0 radical (unpaired) electrons. The molecule has 5 heteroatoms. The minimum Gasteiger partial charge on any atom is -0.454 e. The first kappa shape index (κ1) is 33.0. The first-order valence-corrected chi connectivity index (χ1v) is 21.2. The van der Waals surface area contributed by atoms with E-state index in [1.54, 1.807) is 0 Å². The molecule has 0 fully saturated rings. The summed E-state index contributed by atoms with van der Waals surface area (Å²) in [4.78, 5) is 9.29. The second kappa shape index (κ2) is 13.4. The van der Waals surface area contributed by atoms with Gasteiger partial charge < -0.3 is 8.83 Å². The Morgan fingerprint density at radius 3 is 1.18 bits per heavy atom. The standard InChI is InChI=1S/C52H34N2O2Si/c1-3-16-41(17-4-1)57(42-18-5-2-6-19-42,44-21-9-15-38(32-44)40-25-27-48-46(34-40)52-50(56-48)23-11-29-54-52)43-20-8-14-37(31-43)35-12-7-13-36(30-35)39-24-26-47-45(33-39)51-49(55-47)22-10-28-53-51/h1-34H. The van der Waals surface area contributed by atoms with Gasteiger partial charge >= 0.3 is 0 Å². The third-order valence-corrected chi connectivity index (χ3v) is 16.1. The largest absolute Gasteiger partial charge is 0.454 e. The van der Waals surface area contributed by atoms with E-state index < -0.39 is 8.07 Å². The SMILES string of the molecule is c1ccc([Si](c2ccccc2)(c2cccc(-c3cccc(-c4ccc5oc6cccnc6c5c4)c3)c2)c2cccc(-c3ccc4oc5cccnc5c4c3)c2)cc1. The molecule has 7 aromatic carbocycles. The fraction of sp³-hybridized carbons (Fsp3) is 0. The van der Waals surface area contributed by atoms with E-state index in [0.717, 1.165) is 72.0 Å². The Bertz CT molecular complexity index is 3220. The number of hydrogen-bond donors (Lipinski definition) is 0. The van der Waals surface area contributed by atoms with Gasteiger partial charge in [-0.2, -0.15) is 0 Å². The van der Waals surface area contributed by atoms with Gasteiger partial charge in [-0.3, -0.25) is 9.97 Å². The molecule has 4 heterocycles. The van der Waals surface area contributed by atoms with Crippen LogP contribution in [0.2, 0.25) is 0 Å². The Morgan fingerprint density at radius 2 is 0.702 bits per heavy atom. The van der Waals surface area contributed by atoms with Crippen LogP contribution in [0.5, 0.6) is 0 Å². The van der Waals surface area contributed by atoms with Gasteiger partial charge in [0.15, 0.2) is 19.2 Å². The maximum atomic E-state index is 6.14. The van der Waals surface area contributed by atoms with Crippen LogP contribution in [0.3, 0.4) is 0 Å². The molecule has 4 aromatic heterocycles. The van der Waals surface area contributed by atoms with Gasteiger partial charge in [-0.15, -0.1) is 0 Å². The lowest BCUT2D eigenvalue weighted by molar-refractivity contribution is 0.668. The second-order valence-electron chi connectivity index (χ2n) is 14.6. The van der Waals surface area contributed by atoms with E-state index in [1.165, 1.54) is 26.3 Å². The third-order valence-electron chi connectivity index (χ3n) is 11.3. The first-order valence-electron chi connectivity index (χ1n) is 19.2. The molecule has 0 atom stereocenters. The van der Waals surface area contributed by atoms with Crippen molar-refractivity contribution < 1.29 is 8.83 Å². The van der Waals surface area contributed by atoms with Crippen molar-refractivity contribution in [3.05, 3.63) is 207 Å². The summed E-state index contributed by atoms with van der Waals surface area (Å²) in [5.74, 6) is 0. The second-order valence-corrected chi connectivity index (χ2v) is 18.4. The normalized spacial score (nSPS) is 11.9. The van der Waals surface area contributed by atoms with Gasteiger partial charge in [-0.25, -0.2) is 0 Å². The summed E-state index contributed by atoms with van der Waals surface area (Å²) in [5, 5.41) is 7.33. The Morgan fingerprint density at radius 1 is 0.298 bits per heavy atom. The smallest absolute Gasteiger partial charge is 0.179 e. The average Bonchev–Trinajstić information content (AvgIpc) is 3.85. The van der Waals surface area contributed by atoms with E-state index in [-0.39, 0.29) is 0 Å². The number of fused-ring (bicyclic) bond motifs is 6. The average molecular weight is 747 g/mol. The summed E-state index contributed by atoms with van der Waals surface area (Å²) in [6.07, 6.45) is 3.65. The number of benzene rings is 7. The molecular formula is C52H34N2O2Si. The molecule has 0 bridgehead atoms. The first-order chi connectivity index (χ1) is 28.2. The van der Waals surface area contributed by atoms with Crippen molar-refractivity contribution in [3.63, 3.8) is 0 Å². The Hall–Kier alpha value is -7.34. The molecule has 0 aliphatic heterocycles. The van der Waals surface area contributed by atoms with Crippen molar-refractivity contribution in [2.45, 2.75) is 0 Å². The molecule has 4 nitrogen and oxygen atoms in total. The van der Waals surface area contributed by atoms with Crippen LogP contribution in [-0.4, -0.2) is 18.0 Å². The fourth-order valence-electron chi connectivity index (χ4n) is 8.67. The Kier molecular flexibility index (Phi) is 7.79. The van der Waals surface area contributed by atoms with E-state index >= 15 is 0 Å². The number of aromatic nitrogens is 2. The van der Waals surface area contributed by atoms with Crippen molar-refractivity contribution in [1.82, 2.24) is 9.97 Å². The molecule has 0 spiro atoms. The van der Waals surface area contributed by atoms with Gasteiger partial charge in [-0.05, 0) is 109 Å². The number of nitrogens with zero attached hydrogens (tertiary/aromatic N) is 2. The zero-order valence-corrected chi connectivity index (χ0v) is 31.8. The van der Waals surface area contributed by atoms with Crippen LogP contribution in [0.1, 0.15) is 0 Å². The summed E-state index contributed by atoms with van der Waals surface area (Å²) in [6.45, 7) is 0. The van der Waals surface area contributed by atoms with Gasteiger partial charge in [0.1, 0.15) is 22.2 Å². The molecule has 268 valence electrons. The lowest BCUT2D eigenvalue weighted by atomic mass is 9.98. The van der Waals surface area contributed by atoms with E-state index in [2.05, 4.69) is 180 Å². The predicted octanol–water partition coefficient (Wildman–Crippen LogP) is 10.7. The lowest BCUT2D eigenvalue weighted by Gasteiger charge is -2.35. The van der Waals surface area contributed by atoms with Gasteiger partial charge in [0.25, 0.3) is 0 Å². The molecule has 0 aliphatic rings. The quantitative estimate of drug-likeness (QED) is 0.120. The van der Waals surface area contributed by atoms with Gasteiger partial charge in [0, 0.05) is 23.2 Å². The van der Waals surface area contributed by atoms with Crippen LogP contribution in [0, 0.1) is 0 Å². The molecule has 11 aromatic rings. The van der Waals surface area contributed by atoms with Gasteiger partial charge in [-0.1, -0.05) is 140 Å². The third kappa shape index (κ3) is 5.51. The summed E-state index contributed by atoms with van der Waals surface area (Å²) < 4.78 is 12.2. The number of furan rings is 2. The zero-order chi connectivity index (χ0) is 37.8. The molecule has 0 aliphatic carbocycles. The van der Waals surface area contributed by atoms with Crippen molar-refractivity contribution in [1.29, 1.82) is 0 Å². The molecular weight excluding hydrogens is 713 g/mol. The minimum atomic E-state index is -2.89. The van der Waals surface area contributed by atoms with Gasteiger partial charge in [0.05, 0.1) is 0 Å². The molecule has 57 heavy (non-hydrogen) atoms. The zero-order valence-electron chi connectivity index (χ0n) is 30.8. The Labute approximate surface area is 330 Å². The maximum Gasteiger partial charge on any atom is 0.179 e. The highest BCUT2D eigenvalue weighted by Gasteiger charge is 2.41. The molecule has 0 saturated heterocycles. The maximum absolute atomic E-state index is 6.14. The van der Waals surface area contributed by atoms with Crippen molar-refractivity contribution in [2.75, 3.05) is 0 Å². The predicted molar refractivity (Wildman–Crippen MR) is 237 cm³/mol. The fourth-order valence-corrected chi connectivity index (χ4v) is 13.5. The lowest BCUT2D eigenvalue weighted by Crippen LogP contribution is -2.74. The van der Waals surface area contributed by atoms with Gasteiger partial charge in [0.2, 0.25) is 0 Å². The van der Waals surface area contributed by atoms with Crippen molar-refractivity contribution >= 4 is 73.0 Å². The van der Waals surface area contributed by atoms with Crippen LogP contribution in [0.15, 0.2) is 215 Å². The number of rotatable bonds is 7. The van der Waals surface area contributed by atoms with Crippen molar-refractivity contribution in [3.8, 4) is 33.4 Å². The number of pyridine rings is 2. The van der Waals surface area contributed by atoms with Crippen LogP contribution in [-0.2, 0) is 0 Å². The molecule has 0 saturated carbocycles. The van der Waals surface area contributed by atoms with E-state index in [0.29, 0.717) is 0 Å². The minimum absolute atomic E-state index is 0.799. The number of hydrogen-bond acceptors (Lipinski definition) is 4. The van der Waals surface area contributed by atoms with E-state index in [9.17, 15) is 0 Å². The molecule has 11 rings (SSSR count). The topological polar surface area (TPSA) is 52.1 Å². The van der Waals surface area contributed by atoms with Crippen LogP contribution in [0.25, 0.3) is 77.5 Å². The van der Waals surface area contributed by atoms with Crippen LogP contribution >= 0.6 is 0 Å². The van der Waals surface area contributed by atoms with Crippen LogP contribution in [0.4, 0.5) is 0 Å². The van der Waals surface area contributed by atoms with Crippen molar-refractivity contribution in [2.24, 2.45) is 0 Å².